The molecule has 1 heterocycles. The van der Waals surface area contributed by atoms with E-state index in [2.05, 4.69) is 20.9 Å². The van der Waals surface area contributed by atoms with Crippen LogP contribution in [-0.4, -0.2) is 23.8 Å². The number of benzene rings is 2. The zero-order chi connectivity index (χ0) is 17.1. The number of aryl methyl sites for hydroxylation is 1. The average molecular weight is 322 g/mol. The molecule has 1 aliphatic rings. The van der Waals surface area contributed by atoms with E-state index in [-0.39, 0.29) is 5.91 Å². The minimum absolute atomic E-state index is 0.376. The monoisotopic (exact) mass is 322 g/mol. The Hall–Kier alpha value is -3.15. The Balaban J connectivity index is 1.74. The number of hydrogen-bond donors (Lipinski definition) is 3. The normalized spacial score (nSPS) is 16.3. The van der Waals surface area contributed by atoms with Gasteiger partial charge in [0.1, 0.15) is 0 Å². The van der Waals surface area contributed by atoms with Gasteiger partial charge in [0.05, 0.1) is 0 Å². The van der Waals surface area contributed by atoms with Crippen molar-refractivity contribution in [2.75, 3.05) is 10.6 Å². The van der Waals surface area contributed by atoms with Crippen molar-refractivity contribution in [3.05, 3.63) is 59.7 Å². The van der Waals surface area contributed by atoms with Crippen LogP contribution in [0.4, 0.5) is 16.2 Å². The summed E-state index contributed by atoms with van der Waals surface area (Å²) in [5.41, 5.74) is 3.90. The molecule has 0 radical (unpaired) electrons. The second-order valence-corrected chi connectivity index (χ2v) is 5.62. The van der Waals surface area contributed by atoms with Crippen LogP contribution in [0.25, 0.3) is 0 Å². The molecule has 2 aromatic carbocycles. The predicted octanol–water partition coefficient (Wildman–Crippen LogP) is 2.90. The zero-order valence-corrected chi connectivity index (χ0v) is 13.5. The minimum Gasteiger partial charge on any atom is -0.322 e. The fourth-order valence-corrected chi connectivity index (χ4v) is 2.54. The van der Waals surface area contributed by atoms with Crippen molar-refractivity contribution in [1.82, 2.24) is 5.32 Å². The number of nitrogens with zero attached hydrogens (tertiary/aromatic N) is 1. The van der Waals surface area contributed by atoms with Crippen molar-refractivity contribution >= 4 is 29.0 Å². The third-order valence-corrected chi connectivity index (χ3v) is 3.69. The third kappa shape index (κ3) is 3.43. The highest BCUT2D eigenvalue weighted by molar-refractivity contribution is 6.11. The lowest BCUT2D eigenvalue weighted by molar-refractivity contribution is -0.117. The van der Waals surface area contributed by atoms with Gasteiger partial charge in [-0.05, 0) is 37.6 Å². The summed E-state index contributed by atoms with van der Waals surface area (Å²) in [5, 5.41) is 8.09. The molecule has 0 saturated carbocycles. The smallest absolute Gasteiger partial charge is 0.321 e. The van der Waals surface area contributed by atoms with Crippen LogP contribution in [0.15, 0.2) is 53.5 Å². The summed E-state index contributed by atoms with van der Waals surface area (Å²) < 4.78 is 0. The van der Waals surface area contributed by atoms with Gasteiger partial charge in [0.15, 0.2) is 0 Å². The summed E-state index contributed by atoms with van der Waals surface area (Å²) >= 11 is 0. The van der Waals surface area contributed by atoms with Crippen LogP contribution in [0.5, 0.6) is 0 Å². The molecule has 0 aromatic heterocycles. The van der Waals surface area contributed by atoms with Crippen molar-refractivity contribution in [1.29, 1.82) is 0 Å². The summed E-state index contributed by atoms with van der Waals surface area (Å²) in [6, 6.07) is 14.3. The van der Waals surface area contributed by atoms with E-state index in [1.165, 1.54) is 0 Å². The fraction of sp³-hybridized carbons (Fsp3) is 0.167. The Kier molecular flexibility index (Phi) is 4.29. The number of para-hydroxylation sites is 1. The molecule has 24 heavy (non-hydrogen) atoms. The van der Waals surface area contributed by atoms with Crippen LogP contribution in [0.2, 0.25) is 0 Å². The first-order valence-electron chi connectivity index (χ1n) is 7.62. The lowest BCUT2D eigenvalue weighted by Gasteiger charge is -2.14. The van der Waals surface area contributed by atoms with Crippen molar-refractivity contribution in [2.45, 2.75) is 20.0 Å². The Morgan fingerprint density at radius 2 is 1.92 bits per heavy atom. The number of rotatable bonds is 2. The number of hydrogen-bond acceptors (Lipinski definition) is 3. The molecule has 6 nitrogen and oxygen atoms in total. The first kappa shape index (κ1) is 15.7. The maximum Gasteiger partial charge on any atom is 0.321 e. The van der Waals surface area contributed by atoms with Crippen LogP contribution in [-0.2, 0) is 4.79 Å². The van der Waals surface area contributed by atoms with Crippen molar-refractivity contribution in [2.24, 2.45) is 4.99 Å². The number of urea groups is 1. The third-order valence-electron chi connectivity index (χ3n) is 3.69. The topological polar surface area (TPSA) is 82.6 Å². The van der Waals surface area contributed by atoms with Crippen molar-refractivity contribution in [3.8, 4) is 0 Å². The molecule has 6 heteroatoms. The maximum absolute atomic E-state index is 12.3. The number of benzodiazepines with no additional fused rings is 1. The molecule has 0 aliphatic carbocycles. The Morgan fingerprint density at radius 3 is 2.71 bits per heavy atom. The number of anilines is 2. The molecule has 1 aliphatic heterocycles. The average Bonchev–Trinajstić information content (AvgIpc) is 2.65. The summed E-state index contributed by atoms with van der Waals surface area (Å²) in [4.78, 5) is 28.8. The Morgan fingerprint density at radius 1 is 1.12 bits per heavy atom. The van der Waals surface area contributed by atoms with Gasteiger partial charge in [-0.25, -0.2) is 4.79 Å². The molecule has 3 N–H and O–H groups in total. The van der Waals surface area contributed by atoms with E-state index in [0.29, 0.717) is 17.1 Å². The number of carbonyl (C=O) groups is 2. The van der Waals surface area contributed by atoms with Gasteiger partial charge in [-0.15, -0.1) is 0 Å². The second-order valence-electron chi connectivity index (χ2n) is 5.62. The van der Waals surface area contributed by atoms with E-state index in [4.69, 9.17) is 0 Å². The molecule has 1 atom stereocenters. The lowest BCUT2D eigenvalue weighted by atomic mass is 10.1. The summed E-state index contributed by atoms with van der Waals surface area (Å²) in [5.74, 6) is -0.376. The highest BCUT2D eigenvalue weighted by Crippen LogP contribution is 2.19. The summed E-state index contributed by atoms with van der Waals surface area (Å²) in [7, 11) is 0. The predicted molar refractivity (Wildman–Crippen MR) is 94.4 cm³/mol. The van der Waals surface area contributed by atoms with Gasteiger partial charge < -0.3 is 16.0 Å². The van der Waals surface area contributed by atoms with Gasteiger partial charge in [0.2, 0.25) is 6.17 Å². The van der Waals surface area contributed by atoms with Crippen LogP contribution in [0, 0.1) is 6.92 Å². The zero-order valence-electron chi connectivity index (χ0n) is 13.5. The molecule has 0 saturated heterocycles. The van der Waals surface area contributed by atoms with Crippen molar-refractivity contribution in [3.63, 3.8) is 0 Å². The molecule has 0 spiro atoms. The van der Waals surface area contributed by atoms with Gasteiger partial charge in [-0.2, -0.15) is 0 Å². The largest absolute Gasteiger partial charge is 0.322 e. The fourth-order valence-electron chi connectivity index (χ4n) is 2.54. The van der Waals surface area contributed by atoms with Crippen LogP contribution in [0.3, 0.4) is 0 Å². The molecular weight excluding hydrogens is 304 g/mol. The standard InChI is InChI=1S/C18H18N4O2/c1-11-6-5-7-13(10-11)20-18(24)22-16-17(23)21-15-9-4-3-8-14(15)12(2)19-16/h3-10,16H,1-2H3,(H,21,23)(H2,20,22,24)/t16-/m0/s1. The molecular formula is C18H18N4O2. The molecule has 0 bridgehead atoms. The maximum atomic E-state index is 12.3. The van der Waals surface area contributed by atoms with Gasteiger partial charge in [0, 0.05) is 22.6 Å². The number of nitrogens with one attached hydrogen (secondary N) is 3. The number of amides is 3. The second kappa shape index (κ2) is 6.54. The molecule has 2 aromatic rings. The van der Waals surface area contributed by atoms with E-state index in [1.807, 2.05) is 50.2 Å². The first-order chi connectivity index (χ1) is 11.5. The number of aliphatic imine (C=N–C) groups is 1. The molecule has 3 rings (SSSR count). The molecule has 0 unspecified atom stereocenters. The van der Waals surface area contributed by atoms with E-state index in [9.17, 15) is 9.59 Å². The Bertz CT molecular complexity index is 829. The van der Waals surface area contributed by atoms with E-state index in [1.54, 1.807) is 12.1 Å². The lowest BCUT2D eigenvalue weighted by Crippen LogP contribution is -2.44. The van der Waals surface area contributed by atoms with Crippen LogP contribution in [0.1, 0.15) is 18.1 Å². The van der Waals surface area contributed by atoms with E-state index in [0.717, 1.165) is 11.1 Å². The van der Waals surface area contributed by atoms with Crippen molar-refractivity contribution < 1.29 is 9.59 Å². The van der Waals surface area contributed by atoms with Gasteiger partial charge in [-0.3, -0.25) is 9.79 Å². The number of fused-ring (bicyclic) bond motifs is 1. The molecule has 122 valence electrons. The van der Waals surface area contributed by atoms with Gasteiger partial charge in [0.25, 0.3) is 5.91 Å². The van der Waals surface area contributed by atoms with Gasteiger partial charge >= 0.3 is 6.03 Å². The van der Waals surface area contributed by atoms with Crippen LogP contribution < -0.4 is 16.0 Å². The quantitative estimate of drug-likeness (QED) is 0.794. The SMILES string of the molecule is CC1=N[C@@H](NC(=O)Nc2cccc(C)c2)C(=O)Nc2ccccc21. The van der Waals surface area contributed by atoms with E-state index >= 15 is 0 Å². The molecule has 3 amide bonds. The molecule has 0 fully saturated rings. The van der Waals surface area contributed by atoms with E-state index < -0.39 is 12.2 Å². The number of carbonyl (C=O) groups excluding carboxylic acids is 2. The van der Waals surface area contributed by atoms with Gasteiger partial charge in [-0.1, -0.05) is 30.3 Å². The van der Waals surface area contributed by atoms with Crippen LogP contribution >= 0.6 is 0 Å². The summed E-state index contributed by atoms with van der Waals surface area (Å²) in [6.45, 7) is 3.75. The Labute approximate surface area is 140 Å². The highest BCUT2D eigenvalue weighted by Gasteiger charge is 2.24. The first-order valence-corrected chi connectivity index (χ1v) is 7.62. The highest BCUT2D eigenvalue weighted by atomic mass is 16.2. The minimum atomic E-state index is -0.984. The summed E-state index contributed by atoms with van der Waals surface area (Å²) in [6.07, 6.45) is -0.984.